The molecule has 2 N–H and O–H groups in total. The van der Waals surface area contributed by atoms with Crippen LogP contribution in [-0.4, -0.2) is 48.2 Å². The predicted octanol–water partition coefficient (Wildman–Crippen LogP) is 0.749. The summed E-state index contributed by atoms with van der Waals surface area (Å²) < 4.78 is 0. The number of nitrogens with one attached hydrogen (secondary N) is 1. The van der Waals surface area contributed by atoms with E-state index in [-0.39, 0.29) is 24.0 Å². The van der Waals surface area contributed by atoms with Crippen LogP contribution in [-0.2, 0) is 4.79 Å². The maximum atomic E-state index is 12.1. The Labute approximate surface area is 103 Å². The summed E-state index contributed by atoms with van der Waals surface area (Å²) in [6, 6.07) is 0.0416. The Morgan fingerprint density at radius 3 is 2.88 bits per heavy atom. The fraction of sp³-hybridized carbons (Fsp3) is 0.923. The van der Waals surface area contributed by atoms with Crippen molar-refractivity contribution in [1.29, 1.82) is 0 Å². The minimum Gasteiger partial charge on any atom is -0.396 e. The highest BCUT2D eigenvalue weighted by atomic mass is 16.3. The van der Waals surface area contributed by atoms with Crippen molar-refractivity contribution in [2.75, 3.05) is 26.2 Å². The standard InChI is InChI=1S/C13H24N2O2/c1-2-7-14-11-3-8-15(12(11)17)10-13(4-5-13)6-9-16/h11,14,16H,2-10H2,1H3. The van der Waals surface area contributed by atoms with E-state index in [1.807, 2.05) is 4.90 Å². The van der Waals surface area contributed by atoms with Gasteiger partial charge in [-0.25, -0.2) is 0 Å². The number of carbonyl (C=O) groups is 1. The Morgan fingerprint density at radius 2 is 2.29 bits per heavy atom. The number of hydrogen-bond acceptors (Lipinski definition) is 3. The third-order valence-electron chi connectivity index (χ3n) is 4.06. The van der Waals surface area contributed by atoms with Gasteiger partial charge in [0.1, 0.15) is 0 Å². The zero-order valence-corrected chi connectivity index (χ0v) is 10.7. The van der Waals surface area contributed by atoms with E-state index >= 15 is 0 Å². The number of amides is 1. The van der Waals surface area contributed by atoms with Crippen LogP contribution in [0.4, 0.5) is 0 Å². The van der Waals surface area contributed by atoms with E-state index < -0.39 is 0 Å². The molecule has 2 aliphatic rings. The van der Waals surface area contributed by atoms with E-state index in [2.05, 4.69) is 12.2 Å². The summed E-state index contributed by atoms with van der Waals surface area (Å²) in [7, 11) is 0. The second kappa shape index (κ2) is 5.36. The van der Waals surface area contributed by atoms with Crippen LogP contribution in [0.3, 0.4) is 0 Å². The molecule has 1 amide bonds. The van der Waals surface area contributed by atoms with Crippen molar-refractivity contribution in [3.05, 3.63) is 0 Å². The lowest BCUT2D eigenvalue weighted by Gasteiger charge is -2.23. The first-order valence-corrected chi connectivity index (χ1v) is 6.84. The molecule has 0 aromatic carbocycles. The number of aliphatic hydroxyl groups is 1. The predicted molar refractivity (Wildman–Crippen MR) is 66.6 cm³/mol. The van der Waals surface area contributed by atoms with Gasteiger partial charge in [-0.05, 0) is 44.1 Å². The first kappa shape index (κ1) is 12.8. The summed E-state index contributed by atoms with van der Waals surface area (Å²) in [5, 5.41) is 12.3. The van der Waals surface area contributed by atoms with Gasteiger partial charge in [-0.1, -0.05) is 6.92 Å². The molecule has 1 saturated carbocycles. The van der Waals surface area contributed by atoms with Gasteiger partial charge < -0.3 is 15.3 Å². The average molecular weight is 240 g/mol. The van der Waals surface area contributed by atoms with Crippen LogP contribution < -0.4 is 5.32 Å². The van der Waals surface area contributed by atoms with E-state index in [0.29, 0.717) is 0 Å². The molecule has 4 heteroatoms. The lowest BCUT2D eigenvalue weighted by Crippen LogP contribution is -2.40. The number of aliphatic hydroxyl groups excluding tert-OH is 1. The highest BCUT2D eigenvalue weighted by Gasteiger charge is 2.45. The third-order valence-corrected chi connectivity index (χ3v) is 4.06. The van der Waals surface area contributed by atoms with Gasteiger partial charge >= 0.3 is 0 Å². The first-order valence-electron chi connectivity index (χ1n) is 6.84. The molecule has 1 aliphatic carbocycles. The molecule has 0 bridgehead atoms. The van der Waals surface area contributed by atoms with Crippen molar-refractivity contribution in [1.82, 2.24) is 10.2 Å². The second-order valence-electron chi connectivity index (χ2n) is 5.53. The third kappa shape index (κ3) is 2.99. The fourth-order valence-electron chi connectivity index (χ4n) is 2.71. The first-order chi connectivity index (χ1) is 8.21. The van der Waals surface area contributed by atoms with Crippen molar-refractivity contribution >= 4 is 5.91 Å². The summed E-state index contributed by atoms with van der Waals surface area (Å²) >= 11 is 0. The molecule has 1 atom stereocenters. The molecule has 1 aliphatic heterocycles. The van der Waals surface area contributed by atoms with E-state index in [9.17, 15) is 4.79 Å². The van der Waals surface area contributed by atoms with E-state index in [1.165, 1.54) is 12.8 Å². The van der Waals surface area contributed by atoms with Gasteiger partial charge in [-0.3, -0.25) is 4.79 Å². The van der Waals surface area contributed by atoms with Gasteiger partial charge in [-0.2, -0.15) is 0 Å². The highest BCUT2D eigenvalue weighted by Crippen LogP contribution is 2.49. The normalized spacial score (nSPS) is 26.6. The Bertz CT molecular complexity index is 277. The number of rotatable bonds is 7. The lowest BCUT2D eigenvalue weighted by molar-refractivity contribution is -0.130. The average Bonchev–Trinajstić information content (AvgIpc) is 2.99. The summed E-state index contributed by atoms with van der Waals surface area (Å²) in [5.74, 6) is 0.266. The van der Waals surface area contributed by atoms with Crippen LogP contribution in [0.1, 0.15) is 39.0 Å². The smallest absolute Gasteiger partial charge is 0.239 e. The molecule has 0 aromatic heterocycles. The second-order valence-corrected chi connectivity index (χ2v) is 5.53. The summed E-state index contributed by atoms with van der Waals surface area (Å²) in [5.41, 5.74) is 0.254. The Morgan fingerprint density at radius 1 is 1.53 bits per heavy atom. The van der Waals surface area contributed by atoms with Crippen molar-refractivity contribution in [2.45, 2.75) is 45.1 Å². The molecule has 0 aromatic rings. The van der Waals surface area contributed by atoms with Crippen LogP contribution in [0, 0.1) is 5.41 Å². The Hall–Kier alpha value is -0.610. The Balaban J connectivity index is 1.81. The topological polar surface area (TPSA) is 52.6 Å². The summed E-state index contributed by atoms with van der Waals surface area (Å²) in [4.78, 5) is 14.1. The van der Waals surface area contributed by atoms with Gasteiger partial charge in [0.2, 0.25) is 5.91 Å². The minimum absolute atomic E-state index is 0.0416. The number of hydrogen-bond donors (Lipinski definition) is 2. The summed E-state index contributed by atoms with van der Waals surface area (Å²) in [6.07, 6.45) is 5.20. The molecule has 0 radical (unpaired) electrons. The maximum absolute atomic E-state index is 12.1. The largest absolute Gasteiger partial charge is 0.396 e. The van der Waals surface area contributed by atoms with Crippen LogP contribution in [0.5, 0.6) is 0 Å². The van der Waals surface area contributed by atoms with Crippen molar-refractivity contribution in [3.63, 3.8) is 0 Å². The SMILES string of the molecule is CCCNC1CCN(CC2(CCO)CC2)C1=O. The maximum Gasteiger partial charge on any atom is 0.239 e. The van der Waals surface area contributed by atoms with Gasteiger partial charge in [0, 0.05) is 19.7 Å². The van der Waals surface area contributed by atoms with Crippen LogP contribution in [0.25, 0.3) is 0 Å². The quantitative estimate of drug-likeness (QED) is 0.690. The molecule has 1 unspecified atom stereocenters. The van der Waals surface area contributed by atoms with Crippen LogP contribution in [0.15, 0.2) is 0 Å². The molecule has 2 fully saturated rings. The molecule has 2 rings (SSSR count). The minimum atomic E-state index is 0.0416. The molecule has 98 valence electrons. The summed E-state index contributed by atoms with van der Waals surface area (Å²) in [6.45, 7) is 5.03. The van der Waals surface area contributed by atoms with Crippen molar-refractivity contribution in [2.24, 2.45) is 5.41 Å². The van der Waals surface area contributed by atoms with Gasteiger partial charge in [0.15, 0.2) is 0 Å². The van der Waals surface area contributed by atoms with Gasteiger partial charge in [0.25, 0.3) is 0 Å². The molecular weight excluding hydrogens is 216 g/mol. The van der Waals surface area contributed by atoms with Crippen LogP contribution >= 0.6 is 0 Å². The molecule has 4 nitrogen and oxygen atoms in total. The number of nitrogens with zero attached hydrogens (tertiary/aromatic N) is 1. The zero-order valence-electron chi connectivity index (χ0n) is 10.7. The van der Waals surface area contributed by atoms with Gasteiger partial charge in [0.05, 0.1) is 6.04 Å². The van der Waals surface area contributed by atoms with E-state index in [1.54, 1.807) is 0 Å². The molecule has 1 heterocycles. The van der Waals surface area contributed by atoms with E-state index in [0.717, 1.165) is 38.9 Å². The Kier molecular flexibility index (Phi) is 4.05. The monoisotopic (exact) mass is 240 g/mol. The molecule has 17 heavy (non-hydrogen) atoms. The van der Waals surface area contributed by atoms with Crippen molar-refractivity contribution in [3.8, 4) is 0 Å². The molecule has 0 spiro atoms. The molecule has 1 saturated heterocycles. The number of carbonyl (C=O) groups excluding carboxylic acids is 1. The highest BCUT2D eigenvalue weighted by molar-refractivity contribution is 5.84. The van der Waals surface area contributed by atoms with Crippen LogP contribution in [0.2, 0.25) is 0 Å². The van der Waals surface area contributed by atoms with E-state index in [4.69, 9.17) is 5.11 Å². The lowest BCUT2D eigenvalue weighted by atomic mass is 10.0. The molecular formula is C13H24N2O2. The van der Waals surface area contributed by atoms with Gasteiger partial charge in [-0.15, -0.1) is 0 Å². The fourth-order valence-corrected chi connectivity index (χ4v) is 2.71. The zero-order chi connectivity index (χ0) is 12.3. The number of likely N-dealkylation sites (tertiary alicyclic amines) is 1. The van der Waals surface area contributed by atoms with Crippen molar-refractivity contribution < 1.29 is 9.90 Å².